The molecule has 0 heterocycles. The molecule has 0 aromatic heterocycles. The maximum atomic E-state index is 13.4. The molecule has 1 aromatic rings. The van der Waals surface area contributed by atoms with Crippen molar-refractivity contribution < 1.29 is 4.39 Å². The van der Waals surface area contributed by atoms with E-state index in [0.717, 1.165) is 11.1 Å². The smallest absolute Gasteiger partial charge is 0.121 e. The van der Waals surface area contributed by atoms with Crippen LogP contribution in [0.2, 0.25) is 0 Å². The second kappa shape index (κ2) is 27.7. The lowest BCUT2D eigenvalue weighted by atomic mass is 9.85. The first-order chi connectivity index (χ1) is 16.7. The standard InChI is InChI=1S/C18H23F.C8H18.C3H6.3C2H6/c1-13(2)17(19)11-10-14(3)15-8-7-9-16(12-15)18(4,5)6;1-5-7-8(3,4)6-2;1-3-2;3*1-2/h7-12H,3H2,1-2,4-6H3;5-7H2,1-4H3;3H,1H2,2H3;3*1-2H3/b11-10-;;;;;. The van der Waals surface area contributed by atoms with E-state index in [1.807, 2.05) is 60.6 Å². The van der Waals surface area contributed by atoms with Crippen molar-refractivity contribution in [2.24, 2.45) is 5.41 Å². The van der Waals surface area contributed by atoms with Crippen LogP contribution >= 0.6 is 0 Å². The van der Waals surface area contributed by atoms with Gasteiger partial charge in [-0.1, -0.05) is 146 Å². The van der Waals surface area contributed by atoms with E-state index in [0.29, 0.717) is 11.0 Å². The minimum atomic E-state index is -0.201. The first kappa shape index (κ1) is 44.1. The zero-order valence-electron chi connectivity index (χ0n) is 27.5. The summed E-state index contributed by atoms with van der Waals surface area (Å²) in [5.41, 5.74) is 4.47. The van der Waals surface area contributed by atoms with Gasteiger partial charge in [0.25, 0.3) is 0 Å². The van der Waals surface area contributed by atoms with Crippen LogP contribution in [0.25, 0.3) is 5.57 Å². The molecular formula is C35H65F. The van der Waals surface area contributed by atoms with Gasteiger partial charge < -0.3 is 0 Å². The molecule has 0 spiro atoms. The molecule has 36 heavy (non-hydrogen) atoms. The molecule has 0 fully saturated rings. The molecule has 0 bridgehead atoms. The van der Waals surface area contributed by atoms with Crippen molar-refractivity contribution in [1.29, 1.82) is 0 Å². The molecule has 1 aromatic carbocycles. The second-order valence-electron chi connectivity index (χ2n) is 9.71. The Kier molecular flexibility index (Phi) is 33.9. The van der Waals surface area contributed by atoms with Gasteiger partial charge in [0, 0.05) is 0 Å². The van der Waals surface area contributed by atoms with Crippen LogP contribution in [0.1, 0.15) is 141 Å². The number of halogens is 1. The van der Waals surface area contributed by atoms with E-state index in [1.54, 1.807) is 26.0 Å². The van der Waals surface area contributed by atoms with Gasteiger partial charge in [-0.15, -0.1) is 6.58 Å². The third-order valence-electron chi connectivity index (χ3n) is 4.89. The highest BCUT2D eigenvalue weighted by Crippen LogP contribution is 2.26. The summed E-state index contributed by atoms with van der Waals surface area (Å²) in [4.78, 5) is 0. The van der Waals surface area contributed by atoms with E-state index in [9.17, 15) is 4.39 Å². The van der Waals surface area contributed by atoms with Gasteiger partial charge in [-0.2, -0.15) is 0 Å². The lowest BCUT2D eigenvalue weighted by Gasteiger charge is -2.20. The highest BCUT2D eigenvalue weighted by Gasteiger charge is 2.14. The van der Waals surface area contributed by atoms with Gasteiger partial charge in [0.15, 0.2) is 0 Å². The minimum absolute atomic E-state index is 0.102. The summed E-state index contributed by atoms with van der Waals surface area (Å²) in [6, 6.07) is 8.25. The van der Waals surface area contributed by atoms with Crippen LogP contribution in [-0.2, 0) is 5.41 Å². The Bertz CT molecular complexity index is 690. The Labute approximate surface area is 228 Å². The summed E-state index contributed by atoms with van der Waals surface area (Å²) in [5, 5.41) is 0. The molecule has 0 saturated heterocycles. The summed E-state index contributed by atoms with van der Waals surface area (Å²) in [6.07, 6.45) is 8.94. The predicted molar refractivity (Wildman–Crippen MR) is 172 cm³/mol. The number of hydrogen-bond donors (Lipinski definition) is 0. The minimum Gasteiger partial charge on any atom is -0.207 e. The van der Waals surface area contributed by atoms with E-state index in [2.05, 4.69) is 73.8 Å². The summed E-state index contributed by atoms with van der Waals surface area (Å²) in [5.74, 6) is -0.201. The SMILES string of the molecule is C=C(/C=C\C(F)=C(C)C)c1cccc(C(C)(C)C)c1.C=CC.CC.CC.CC.CCCC(C)(C)CC. The molecule has 0 aliphatic rings. The quantitative estimate of drug-likeness (QED) is 0.267. The monoisotopic (exact) mass is 505 g/mol. The summed E-state index contributed by atoms with van der Waals surface area (Å²) in [7, 11) is 0. The van der Waals surface area contributed by atoms with E-state index in [-0.39, 0.29) is 11.2 Å². The molecule has 0 saturated carbocycles. The third-order valence-corrected chi connectivity index (χ3v) is 4.89. The number of benzene rings is 1. The van der Waals surface area contributed by atoms with Crippen LogP contribution in [0, 0.1) is 5.41 Å². The van der Waals surface area contributed by atoms with Gasteiger partial charge in [0.05, 0.1) is 0 Å². The fourth-order valence-corrected chi connectivity index (χ4v) is 2.48. The van der Waals surface area contributed by atoms with Crippen molar-refractivity contribution in [1.82, 2.24) is 0 Å². The largest absolute Gasteiger partial charge is 0.207 e. The number of rotatable bonds is 6. The second-order valence-corrected chi connectivity index (χ2v) is 9.71. The van der Waals surface area contributed by atoms with Crippen LogP contribution in [0.3, 0.4) is 0 Å². The predicted octanol–water partition coefficient (Wildman–Crippen LogP) is 13.3. The normalized spacial score (nSPS) is 9.69. The Hall–Kier alpha value is -1.89. The van der Waals surface area contributed by atoms with E-state index >= 15 is 0 Å². The topological polar surface area (TPSA) is 0 Å². The van der Waals surface area contributed by atoms with Crippen molar-refractivity contribution in [3.63, 3.8) is 0 Å². The Morgan fingerprint density at radius 3 is 1.64 bits per heavy atom. The summed E-state index contributed by atoms with van der Waals surface area (Å²) in [6.45, 7) is 40.4. The molecular weight excluding hydrogens is 439 g/mol. The number of allylic oxidation sites excluding steroid dienone is 6. The van der Waals surface area contributed by atoms with E-state index < -0.39 is 0 Å². The van der Waals surface area contributed by atoms with Crippen LogP contribution in [0.4, 0.5) is 4.39 Å². The van der Waals surface area contributed by atoms with Gasteiger partial charge in [-0.25, -0.2) is 4.39 Å². The maximum absolute atomic E-state index is 13.4. The fraction of sp³-hybridized carbons (Fsp3) is 0.600. The molecule has 0 unspecified atom stereocenters. The first-order valence-electron chi connectivity index (χ1n) is 14.1. The van der Waals surface area contributed by atoms with E-state index in [4.69, 9.17) is 0 Å². The van der Waals surface area contributed by atoms with Gasteiger partial charge in [-0.3, -0.25) is 0 Å². The molecule has 0 atom stereocenters. The first-order valence-corrected chi connectivity index (χ1v) is 14.1. The van der Waals surface area contributed by atoms with Crippen molar-refractivity contribution in [3.8, 4) is 0 Å². The Balaban J connectivity index is -0.000000157. The number of hydrogen-bond acceptors (Lipinski definition) is 0. The van der Waals surface area contributed by atoms with Gasteiger partial charge in [0.1, 0.15) is 5.83 Å². The molecule has 1 heteroatoms. The average molecular weight is 505 g/mol. The highest BCUT2D eigenvalue weighted by atomic mass is 19.1. The average Bonchev–Trinajstić information content (AvgIpc) is 2.86. The highest BCUT2D eigenvalue weighted by molar-refractivity contribution is 5.73. The molecule has 212 valence electrons. The summed E-state index contributed by atoms with van der Waals surface area (Å²) < 4.78 is 13.4. The lowest BCUT2D eigenvalue weighted by Crippen LogP contribution is -2.10. The molecule has 1 rings (SSSR count). The van der Waals surface area contributed by atoms with Crippen LogP contribution in [0.15, 0.2) is 67.1 Å². The van der Waals surface area contributed by atoms with Crippen molar-refractivity contribution in [2.45, 2.75) is 135 Å². The zero-order chi connectivity index (χ0) is 30.0. The third kappa shape index (κ3) is 26.7. The zero-order valence-corrected chi connectivity index (χ0v) is 27.5. The van der Waals surface area contributed by atoms with Crippen LogP contribution in [-0.4, -0.2) is 0 Å². The van der Waals surface area contributed by atoms with Crippen LogP contribution in [0.5, 0.6) is 0 Å². The molecule has 0 aliphatic carbocycles. The molecule has 0 amide bonds. The van der Waals surface area contributed by atoms with Gasteiger partial charge in [0.2, 0.25) is 0 Å². The Morgan fingerprint density at radius 2 is 1.33 bits per heavy atom. The van der Waals surface area contributed by atoms with E-state index in [1.165, 1.54) is 30.9 Å². The van der Waals surface area contributed by atoms with Crippen molar-refractivity contribution >= 4 is 5.57 Å². The van der Waals surface area contributed by atoms with Crippen molar-refractivity contribution in [2.75, 3.05) is 0 Å². The van der Waals surface area contributed by atoms with Crippen LogP contribution < -0.4 is 0 Å². The molecule has 0 radical (unpaired) electrons. The van der Waals surface area contributed by atoms with Gasteiger partial charge in [-0.05, 0) is 66.4 Å². The molecule has 0 N–H and O–H groups in total. The van der Waals surface area contributed by atoms with Crippen molar-refractivity contribution in [3.05, 3.63) is 78.2 Å². The summed E-state index contributed by atoms with van der Waals surface area (Å²) >= 11 is 0. The Morgan fingerprint density at radius 1 is 0.889 bits per heavy atom. The van der Waals surface area contributed by atoms with Gasteiger partial charge >= 0.3 is 0 Å². The molecule has 0 aliphatic heterocycles. The fourth-order valence-electron chi connectivity index (χ4n) is 2.48. The molecule has 0 nitrogen and oxygen atoms in total. The lowest BCUT2D eigenvalue weighted by molar-refractivity contribution is 0.319. The maximum Gasteiger partial charge on any atom is 0.121 e.